The third kappa shape index (κ3) is 2.65. The van der Waals surface area contributed by atoms with Crippen molar-refractivity contribution < 1.29 is 8.98 Å². The Balaban J connectivity index is 1.46. The zero-order valence-corrected chi connectivity index (χ0v) is 19.1. The lowest BCUT2D eigenvalue weighted by Gasteiger charge is -2.29. The van der Waals surface area contributed by atoms with Crippen LogP contribution < -0.4 is 4.57 Å². The lowest BCUT2D eigenvalue weighted by molar-refractivity contribution is -0.731. The van der Waals surface area contributed by atoms with E-state index in [1.54, 1.807) is 0 Å². The molecule has 2 aromatic heterocycles. The van der Waals surface area contributed by atoms with Crippen LogP contribution in [0.1, 0.15) is 44.7 Å². The average molecular weight is 423 g/mol. The standard InChI is InChI=1S/C28H28N3O/c1-18(2)16-28-17-27(28,4)31-14-6-5-7-24(31)22-15-21(12-13-23(22)28)26-30-29-25(32-26)20-10-8-19(3)9-11-20/h5-15,18H,16-17H2,1-4H3/q+1. The zero-order valence-electron chi connectivity index (χ0n) is 19.1. The first-order chi connectivity index (χ1) is 15.4. The van der Waals surface area contributed by atoms with E-state index < -0.39 is 0 Å². The van der Waals surface area contributed by atoms with E-state index in [9.17, 15) is 0 Å². The van der Waals surface area contributed by atoms with Crippen LogP contribution in [-0.2, 0) is 11.0 Å². The van der Waals surface area contributed by atoms with Crippen molar-refractivity contribution in [3.8, 4) is 34.2 Å². The molecule has 4 heteroatoms. The topological polar surface area (TPSA) is 42.8 Å². The molecule has 4 nitrogen and oxygen atoms in total. The van der Waals surface area contributed by atoms with E-state index in [0.29, 0.717) is 17.7 Å². The Morgan fingerprint density at radius 1 is 0.969 bits per heavy atom. The van der Waals surface area contributed by atoms with Crippen molar-refractivity contribution in [3.05, 3.63) is 78.0 Å². The van der Waals surface area contributed by atoms with Crippen molar-refractivity contribution in [2.75, 3.05) is 0 Å². The van der Waals surface area contributed by atoms with Gasteiger partial charge in [0.15, 0.2) is 11.7 Å². The second-order valence-electron chi connectivity index (χ2n) is 10.1. The molecule has 1 saturated carbocycles. The van der Waals surface area contributed by atoms with Crippen LogP contribution in [0.5, 0.6) is 0 Å². The first-order valence-corrected chi connectivity index (χ1v) is 11.5. The van der Waals surface area contributed by atoms with E-state index in [1.807, 2.05) is 12.1 Å². The Kier molecular flexibility index (Phi) is 4.01. The predicted octanol–water partition coefficient (Wildman–Crippen LogP) is 6.08. The van der Waals surface area contributed by atoms with Crippen LogP contribution >= 0.6 is 0 Å². The molecule has 160 valence electrons. The van der Waals surface area contributed by atoms with Crippen LogP contribution in [0.15, 0.2) is 71.3 Å². The Morgan fingerprint density at radius 3 is 2.44 bits per heavy atom. The summed E-state index contributed by atoms with van der Waals surface area (Å²) in [5, 5.41) is 8.69. The number of pyridine rings is 1. The summed E-state index contributed by atoms with van der Waals surface area (Å²) in [4.78, 5) is 0. The normalized spacial score (nSPS) is 22.9. The van der Waals surface area contributed by atoms with E-state index in [-0.39, 0.29) is 11.0 Å². The highest BCUT2D eigenvalue weighted by Crippen LogP contribution is 2.66. The zero-order chi connectivity index (χ0) is 22.1. The quantitative estimate of drug-likeness (QED) is 0.374. The van der Waals surface area contributed by atoms with Crippen LogP contribution in [-0.4, -0.2) is 10.2 Å². The smallest absolute Gasteiger partial charge is 0.248 e. The molecule has 3 heterocycles. The molecule has 0 bridgehead atoms. The number of aromatic nitrogens is 3. The van der Waals surface area contributed by atoms with Crippen molar-refractivity contribution in [1.29, 1.82) is 0 Å². The lowest BCUT2D eigenvalue weighted by atomic mass is 9.77. The number of rotatable bonds is 4. The van der Waals surface area contributed by atoms with Gasteiger partial charge in [0.25, 0.3) is 0 Å². The largest absolute Gasteiger partial charge is 0.416 e. The van der Waals surface area contributed by atoms with Gasteiger partial charge in [0, 0.05) is 36.6 Å². The molecule has 1 fully saturated rings. The average Bonchev–Trinajstić information content (AvgIpc) is 3.15. The Labute approximate surface area is 189 Å². The van der Waals surface area contributed by atoms with E-state index in [2.05, 4.69) is 97.2 Å². The van der Waals surface area contributed by atoms with Gasteiger partial charge in [0.1, 0.15) is 0 Å². The Morgan fingerprint density at radius 2 is 1.69 bits per heavy atom. The first-order valence-electron chi connectivity index (χ1n) is 11.5. The van der Waals surface area contributed by atoms with Gasteiger partial charge in [0.05, 0.1) is 11.0 Å². The van der Waals surface area contributed by atoms with Crippen molar-refractivity contribution in [1.82, 2.24) is 10.2 Å². The third-order valence-corrected chi connectivity index (χ3v) is 7.48. The maximum atomic E-state index is 6.09. The minimum atomic E-state index is 0.144. The molecule has 0 N–H and O–H groups in total. The fourth-order valence-corrected chi connectivity index (χ4v) is 5.90. The molecular formula is C28H28N3O+. The minimum absolute atomic E-state index is 0.144. The van der Waals surface area contributed by atoms with Crippen molar-refractivity contribution >= 4 is 0 Å². The van der Waals surface area contributed by atoms with Crippen LogP contribution in [0.3, 0.4) is 0 Å². The second kappa shape index (κ2) is 6.61. The maximum absolute atomic E-state index is 6.09. The van der Waals surface area contributed by atoms with E-state index in [1.165, 1.54) is 35.2 Å². The summed E-state index contributed by atoms with van der Waals surface area (Å²) in [6.07, 6.45) is 4.62. The fourth-order valence-electron chi connectivity index (χ4n) is 5.90. The van der Waals surface area contributed by atoms with Gasteiger partial charge in [0.2, 0.25) is 17.5 Å². The number of nitrogens with zero attached hydrogens (tertiary/aromatic N) is 3. The molecule has 0 spiro atoms. The monoisotopic (exact) mass is 422 g/mol. The van der Waals surface area contributed by atoms with E-state index in [0.717, 1.165) is 11.1 Å². The van der Waals surface area contributed by atoms with E-state index >= 15 is 0 Å². The van der Waals surface area contributed by atoms with Gasteiger partial charge in [-0.3, -0.25) is 0 Å². The SMILES string of the molecule is Cc1ccc(-c2nnc(-c3ccc4c(c3)-c3cccc[n+]3C3(C)CC43CC(C)C)o2)cc1. The molecule has 0 saturated heterocycles. The summed E-state index contributed by atoms with van der Waals surface area (Å²) in [5.74, 6) is 1.76. The number of fused-ring (bicyclic) bond motifs is 6. The van der Waals surface area contributed by atoms with Crippen molar-refractivity contribution in [2.24, 2.45) is 5.92 Å². The number of hydrogen-bond donors (Lipinski definition) is 0. The summed E-state index contributed by atoms with van der Waals surface area (Å²) in [5.41, 5.74) is 7.47. The fraction of sp³-hybridized carbons (Fsp3) is 0.321. The minimum Gasteiger partial charge on any atom is -0.416 e. The summed E-state index contributed by atoms with van der Waals surface area (Å²) >= 11 is 0. The van der Waals surface area contributed by atoms with Gasteiger partial charge >= 0.3 is 0 Å². The molecule has 32 heavy (non-hydrogen) atoms. The highest BCUT2D eigenvalue weighted by molar-refractivity contribution is 5.73. The summed E-state index contributed by atoms with van der Waals surface area (Å²) in [6.45, 7) is 9.15. The van der Waals surface area contributed by atoms with Gasteiger partial charge in [-0.05, 0) is 55.2 Å². The predicted molar refractivity (Wildman–Crippen MR) is 125 cm³/mol. The molecule has 6 rings (SSSR count). The first kappa shape index (κ1) is 19.4. The molecule has 2 aromatic carbocycles. The van der Waals surface area contributed by atoms with Gasteiger partial charge in [-0.1, -0.05) is 37.6 Å². The molecule has 2 unspecified atom stereocenters. The van der Waals surface area contributed by atoms with Crippen LogP contribution in [0, 0.1) is 12.8 Å². The maximum Gasteiger partial charge on any atom is 0.248 e. The Hall–Kier alpha value is -3.27. The van der Waals surface area contributed by atoms with Crippen LogP contribution in [0.2, 0.25) is 0 Å². The number of aryl methyl sites for hydroxylation is 1. The highest BCUT2D eigenvalue weighted by atomic mass is 16.4. The summed E-state index contributed by atoms with van der Waals surface area (Å²) < 4.78 is 8.59. The molecule has 1 aliphatic carbocycles. The van der Waals surface area contributed by atoms with Crippen LogP contribution in [0.4, 0.5) is 0 Å². The molecule has 2 aliphatic rings. The summed E-state index contributed by atoms with van der Waals surface area (Å²) in [6, 6.07) is 21.4. The number of hydrogen-bond acceptors (Lipinski definition) is 3. The van der Waals surface area contributed by atoms with Gasteiger partial charge in [-0.15, -0.1) is 10.2 Å². The van der Waals surface area contributed by atoms with E-state index in [4.69, 9.17) is 4.42 Å². The van der Waals surface area contributed by atoms with Crippen molar-refractivity contribution in [2.45, 2.75) is 51.5 Å². The third-order valence-electron chi connectivity index (χ3n) is 7.48. The molecule has 2 atom stereocenters. The Bertz CT molecular complexity index is 1340. The molecule has 0 radical (unpaired) electrons. The highest BCUT2D eigenvalue weighted by Gasteiger charge is 2.75. The van der Waals surface area contributed by atoms with Gasteiger partial charge in [-0.25, -0.2) is 0 Å². The van der Waals surface area contributed by atoms with Crippen molar-refractivity contribution in [3.63, 3.8) is 0 Å². The van der Waals surface area contributed by atoms with Crippen LogP contribution in [0.25, 0.3) is 34.2 Å². The molecule has 0 amide bonds. The number of benzene rings is 2. The summed E-state index contributed by atoms with van der Waals surface area (Å²) in [7, 11) is 0. The molecule has 4 aromatic rings. The molecular weight excluding hydrogens is 394 g/mol. The second-order valence-corrected chi connectivity index (χ2v) is 10.1. The van der Waals surface area contributed by atoms with Gasteiger partial charge in [-0.2, -0.15) is 4.57 Å². The van der Waals surface area contributed by atoms with Gasteiger partial charge < -0.3 is 4.42 Å². The molecule has 1 aliphatic heterocycles. The lowest BCUT2D eigenvalue weighted by Crippen LogP contribution is -2.53.